The van der Waals surface area contributed by atoms with E-state index in [0.29, 0.717) is 40.5 Å². The summed E-state index contributed by atoms with van der Waals surface area (Å²) in [7, 11) is -4.26. The Morgan fingerprint density at radius 2 is 1.82 bits per heavy atom. The minimum atomic E-state index is -4.26. The maximum Gasteiger partial charge on any atom is 0.335 e. The number of nitrogens with one attached hydrogen (secondary N) is 2. The van der Waals surface area contributed by atoms with Crippen molar-refractivity contribution in [1.29, 1.82) is 5.26 Å². The van der Waals surface area contributed by atoms with Gasteiger partial charge in [-0.1, -0.05) is 45.0 Å². The number of anilines is 1. The molecule has 3 heterocycles. The second-order valence-corrected chi connectivity index (χ2v) is 15.3. The molecule has 2 aromatic carbocycles. The summed E-state index contributed by atoms with van der Waals surface area (Å²) in [6, 6.07) is 14.6. The first-order valence-corrected chi connectivity index (χ1v) is 18.1. The van der Waals surface area contributed by atoms with Crippen molar-refractivity contribution in [1.82, 2.24) is 25.3 Å². The third kappa shape index (κ3) is 8.00. The molecule has 0 unspecified atom stereocenters. The Bertz CT molecular complexity index is 2250. The zero-order valence-electron chi connectivity index (χ0n) is 29.0. The fourth-order valence-electron chi connectivity index (χ4n) is 6.03. The molecule has 1 aliphatic rings. The number of carboxylic acid groups (broad SMARTS) is 1. The molecular formula is C37H39N7O6S. The molecule has 5 aromatic rings. The first-order chi connectivity index (χ1) is 24.2. The van der Waals surface area contributed by atoms with Crippen LogP contribution >= 0.6 is 0 Å². The van der Waals surface area contributed by atoms with Crippen LogP contribution in [0.15, 0.2) is 64.0 Å². The van der Waals surface area contributed by atoms with Gasteiger partial charge < -0.3 is 19.6 Å². The zero-order chi connectivity index (χ0) is 36.5. The van der Waals surface area contributed by atoms with Gasteiger partial charge in [0.15, 0.2) is 0 Å². The van der Waals surface area contributed by atoms with Gasteiger partial charge in [0.2, 0.25) is 17.5 Å². The number of nitrogens with zero attached hydrogens (tertiary/aromatic N) is 5. The van der Waals surface area contributed by atoms with Crippen molar-refractivity contribution in [3.63, 3.8) is 0 Å². The molecule has 14 heteroatoms. The largest absolute Gasteiger partial charge is 0.478 e. The second-order valence-electron chi connectivity index (χ2n) is 13.6. The third-order valence-electron chi connectivity index (χ3n) is 9.02. The molecule has 0 saturated heterocycles. The highest BCUT2D eigenvalue weighted by Crippen LogP contribution is 2.49. The molecule has 1 saturated carbocycles. The second kappa shape index (κ2) is 14.1. The highest BCUT2D eigenvalue weighted by Gasteiger charge is 2.39. The van der Waals surface area contributed by atoms with Crippen molar-refractivity contribution in [3.8, 4) is 23.2 Å². The van der Waals surface area contributed by atoms with E-state index in [9.17, 15) is 23.6 Å². The maximum atomic E-state index is 13.4. The standard InChI is InChI=1S/C37H39N7O6S/c1-21(2)33-28(17-38)32-34(50-33)40-19-26(41-32)18-39-25(16-37(5)12-13-37)20-49-30-15-29(31-22(3)8-6-9-23(31)4)42-36(43-30)44-51(47,48)27-11-7-10-24(14-27)35(45)46/h6-11,14-15,19,21,25,39H,12-13,16,18,20H2,1-5H3,(H,45,46)(H,42,43,44)/t25-/m1/s1. The summed E-state index contributed by atoms with van der Waals surface area (Å²) in [5.74, 6) is -0.741. The quantitative estimate of drug-likeness (QED) is 0.113. The Morgan fingerprint density at radius 3 is 2.49 bits per heavy atom. The third-order valence-corrected chi connectivity index (χ3v) is 10.3. The summed E-state index contributed by atoms with van der Waals surface area (Å²) in [4.78, 5) is 29.4. The fourth-order valence-corrected chi connectivity index (χ4v) is 7.02. The Balaban J connectivity index is 1.27. The Kier molecular flexibility index (Phi) is 9.79. The molecule has 13 nitrogen and oxygen atoms in total. The Hall–Kier alpha value is -5.39. The number of fused-ring (bicyclic) bond motifs is 1. The average molecular weight is 710 g/mol. The fraction of sp³-hybridized carbons (Fsp3) is 0.351. The van der Waals surface area contributed by atoms with E-state index in [1.54, 1.807) is 12.3 Å². The van der Waals surface area contributed by atoms with Crippen molar-refractivity contribution in [2.24, 2.45) is 5.41 Å². The Morgan fingerprint density at radius 1 is 1.10 bits per heavy atom. The number of rotatable bonds is 14. The van der Waals surface area contributed by atoms with Gasteiger partial charge >= 0.3 is 5.97 Å². The van der Waals surface area contributed by atoms with Crippen LogP contribution in [0.3, 0.4) is 0 Å². The van der Waals surface area contributed by atoms with Crippen molar-refractivity contribution in [3.05, 3.63) is 88.4 Å². The lowest BCUT2D eigenvalue weighted by Gasteiger charge is -2.22. The molecule has 3 aromatic heterocycles. The number of carboxylic acids is 1. The van der Waals surface area contributed by atoms with E-state index in [1.807, 2.05) is 45.9 Å². The van der Waals surface area contributed by atoms with Gasteiger partial charge in [-0.2, -0.15) is 10.2 Å². The molecule has 3 N–H and O–H groups in total. The molecule has 0 bridgehead atoms. The summed E-state index contributed by atoms with van der Waals surface area (Å²) in [6.45, 7) is 10.6. The summed E-state index contributed by atoms with van der Waals surface area (Å²) in [6.07, 6.45) is 4.62. The van der Waals surface area contributed by atoms with Gasteiger partial charge in [0.05, 0.1) is 28.0 Å². The number of aromatic nitrogens is 4. The molecule has 0 aliphatic heterocycles. The average Bonchev–Trinajstić information content (AvgIpc) is 3.69. The number of aromatic carboxylic acids is 1. The summed E-state index contributed by atoms with van der Waals surface area (Å²) >= 11 is 0. The molecule has 1 atom stereocenters. The normalized spacial score (nSPS) is 14.3. The first kappa shape index (κ1) is 35.4. The molecule has 0 amide bonds. The zero-order valence-corrected chi connectivity index (χ0v) is 29.8. The van der Waals surface area contributed by atoms with E-state index in [1.165, 1.54) is 18.2 Å². The molecular weight excluding hydrogens is 671 g/mol. The van der Waals surface area contributed by atoms with Crippen LogP contribution in [0.25, 0.3) is 22.5 Å². The Labute approximate surface area is 296 Å². The van der Waals surface area contributed by atoms with E-state index in [0.717, 1.165) is 42.0 Å². The van der Waals surface area contributed by atoms with Crippen LogP contribution in [0.1, 0.15) is 84.5 Å². The SMILES string of the molecule is Cc1cccc(C)c1-c1cc(OC[C@@H](CC2(C)CC2)NCc2cnc3oc(C(C)C)c(C#N)c3n2)nc(NS(=O)(=O)c2cccc(C(=O)O)c2)n1. The summed E-state index contributed by atoms with van der Waals surface area (Å²) < 4.78 is 41.3. The number of sulfonamides is 1. The minimum absolute atomic E-state index is 0.00836. The smallest absolute Gasteiger partial charge is 0.335 e. The molecule has 51 heavy (non-hydrogen) atoms. The molecule has 1 fully saturated rings. The van der Waals surface area contributed by atoms with Gasteiger partial charge in [-0.05, 0) is 67.9 Å². The van der Waals surface area contributed by atoms with E-state index >= 15 is 0 Å². The monoisotopic (exact) mass is 709 g/mol. The lowest BCUT2D eigenvalue weighted by atomic mass is 9.99. The van der Waals surface area contributed by atoms with E-state index in [4.69, 9.17) is 14.1 Å². The first-order valence-electron chi connectivity index (χ1n) is 16.6. The van der Waals surface area contributed by atoms with E-state index in [2.05, 4.69) is 38.0 Å². The number of hydrogen-bond donors (Lipinski definition) is 3. The van der Waals surface area contributed by atoms with Crippen LogP contribution in [0.5, 0.6) is 5.88 Å². The molecule has 1 aliphatic carbocycles. The number of carbonyl (C=O) groups is 1. The number of ether oxygens (including phenoxy) is 1. The van der Waals surface area contributed by atoms with E-state index in [-0.39, 0.29) is 46.3 Å². The number of aryl methyl sites for hydroxylation is 2. The van der Waals surface area contributed by atoms with Gasteiger partial charge in [0.1, 0.15) is 29.5 Å². The predicted octanol–water partition coefficient (Wildman–Crippen LogP) is 6.52. The number of benzene rings is 2. The van der Waals surface area contributed by atoms with Crippen LogP contribution in [0.2, 0.25) is 0 Å². The molecule has 6 rings (SSSR count). The van der Waals surface area contributed by atoms with Crippen molar-refractivity contribution in [2.75, 3.05) is 11.3 Å². The van der Waals surface area contributed by atoms with Crippen LogP contribution in [0.4, 0.5) is 5.95 Å². The number of nitriles is 1. The highest BCUT2D eigenvalue weighted by molar-refractivity contribution is 7.92. The van der Waals surface area contributed by atoms with Crippen molar-refractivity contribution in [2.45, 2.75) is 77.3 Å². The summed E-state index contributed by atoms with van der Waals surface area (Å²) in [5.41, 5.74) is 4.92. The molecule has 0 radical (unpaired) electrons. The molecule has 0 spiro atoms. The lowest BCUT2D eigenvalue weighted by Crippen LogP contribution is -2.36. The van der Waals surface area contributed by atoms with Crippen LogP contribution in [-0.4, -0.2) is 52.1 Å². The van der Waals surface area contributed by atoms with Crippen molar-refractivity contribution >= 4 is 33.2 Å². The number of hydrogen-bond acceptors (Lipinski definition) is 11. The predicted molar refractivity (Wildman–Crippen MR) is 190 cm³/mol. The van der Waals surface area contributed by atoms with Gasteiger partial charge in [0, 0.05) is 30.1 Å². The van der Waals surface area contributed by atoms with Gasteiger partial charge in [-0.15, -0.1) is 0 Å². The van der Waals surface area contributed by atoms with Crippen LogP contribution in [-0.2, 0) is 16.6 Å². The maximum absolute atomic E-state index is 13.4. The minimum Gasteiger partial charge on any atom is -0.478 e. The molecule has 264 valence electrons. The van der Waals surface area contributed by atoms with Gasteiger partial charge in [0.25, 0.3) is 10.0 Å². The highest BCUT2D eigenvalue weighted by atomic mass is 32.2. The lowest BCUT2D eigenvalue weighted by molar-refractivity contribution is 0.0696. The number of furan rings is 1. The van der Waals surface area contributed by atoms with Crippen molar-refractivity contribution < 1.29 is 27.5 Å². The van der Waals surface area contributed by atoms with Crippen LogP contribution < -0.4 is 14.8 Å². The van der Waals surface area contributed by atoms with Gasteiger partial charge in [-0.25, -0.2) is 32.9 Å². The summed E-state index contributed by atoms with van der Waals surface area (Å²) in [5, 5.41) is 22.7. The van der Waals surface area contributed by atoms with E-state index < -0.39 is 16.0 Å². The topological polar surface area (TPSA) is 193 Å². The van der Waals surface area contributed by atoms with Crippen LogP contribution in [0, 0.1) is 30.6 Å². The van der Waals surface area contributed by atoms with Gasteiger partial charge in [-0.3, -0.25) is 0 Å².